The van der Waals surface area contributed by atoms with E-state index in [1.165, 1.54) is 0 Å². The van der Waals surface area contributed by atoms with Crippen molar-refractivity contribution in [1.29, 1.82) is 0 Å². The van der Waals surface area contributed by atoms with Crippen LogP contribution in [0.5, 0.6) is 0 Å². The molecular formula is C19H26N4O2. The van der Waals surface area contributed by atoms with E-state index in [1.807, 2.05) is 36.1 Å². The number of nitrogens with zero attached hydrogens (tertiary/aromatic N) is 3. The van der Waals surface area contributed by atoms with Gasteiger partial charge in [-0.25, -0.2) is 0 Å². The fraction of sp³-hybridized carbons (Fsp3) is 0.526. The molecule has 134 valence electrons. The third kappa shape index (κ3) is 3.58. The minimum absolute atomic E-state index is 0.0500. The van der Waals surface area contributed by atoms with Gasteiger partial charge in [-0.15, -0.1) is 0 Å². The summed E-state index contributed by atoms with van der Waals surface area (Å²) in [6, 6.07) is 7.32. The van der Waals surface area contributed by atoms with Gasteiger partial charge >= 0.3 is 0 Å². The molecule has 1 aromatic carbocycles. The molecule has 2 aromatic rings. The van der Waals surface area contributed by atoms with Crippen LogP contribution in [0.3, 0.4) is 0 Å². The van der Waals surface area contributed by atoms with E-state index in [0.29, 0.717) is 23.8 Å². The summed E-state index contributed by atoms with van der Waals surface area (Å²) in [5.74, 6) is 1.08. The first-order chi connectivity index (χ1) is 12.1. The van der Waals surface area contributed by atoms with Gasteiger partial charge in [0, 0.05) is 24.2 Å². The zero-order valence-corrected chi connectivity index (χ0v) is 15.0. The Morgan fingerprint density at radius 2 is 1.92 bits per heavy atom. The summed E-state index contributed by atoms with van der Waals surface area (Å²) in [6.45, 7) is 5.54. The van der Waals surface area contributed by atoms with Crippen LogP contribution in [0.15, 0.2) is 28.8 Å². The number of nitrogens with two attached hydrogens (primary N) is 1. The quantitative estimate of drug-likeness (QED) is 0.870. The van der Waals surface area contributed by atoms with Crippen molar-refractivity contribution < 1.29 is 9.32 Å². The minimum atomic E-state index is -0.459. The number of amides is 1. The van der Waals surface area contributed by atoms with Crippen molar-refractivity contribution >= 4 is 5.91 Å². The highest BCUT2D eigenvalue weighted by molar-refractivity contribution is 5.94. The van der Waals surface area contributed by atoms with Crippen LogP contribution in [-0.4, -0.2) is 34.0 Å². The highest BCUT2D eigenvalue weighted by Gasteiger charge is 2.36. The van der Waals surface area contributed by atoms with E-state index in [2.05, 4.69) is 17.1 Å². The first-order valence-electron chi connectivity index (χ1n) is 9.10. The van der Waals surface area contributed by atoms with Gasteiger partial charge in [-0.05, 0) is 50.5 Å². The monoisotopic (exact) mass is 342 g/mol. The predicted molar refractivity (Wildman–Crippen MR) is 95.9 cm³/mol. The molecular weight excluding hydrogens is 316 g/mol. The maximum atomic E-state index is 12.5. The highest BCUT2D eigenvalue weighted by Crippen LogP contribution is 2.35. The summed E-state index contributed by atoms with van der Waals surface area (Å²) in [4.78, 5) is 18.8. The van der Waals surface area contributed by atoms with Gasteiger partial charge in [0.05, 0.1) is 5.54 Å². The van der Waals surface area contributed by atoms with E-state index < -0.39 is 5.54 Å². The van der Waals surface area contributed by atoms with Crippen LogP contribution in [0.1, 0.15) is 62.1 Å². The highest BCUT2D eigenvalue weighted by atomic mass is 16.5. The first-order valence-corrected chi connectivity index (χ1v) is 9.10. The largest absolute Gasteiger partial charge is 0.339 e. The first kappa shape index (κ1) is 17.6. The fourth-order valence-corrected chi connectivity index (χ4v) is 3.38. The number of carbonyl (C=O) groups excluding carboxylic acids is 1. The molecule has 1 fully saturated rings. The molecule has 1 amide bonds. The standard InChI is InChI=1S/C19H26N4O2/c1-3-13-23(4-2)17(24)15-9-7-14(8-10-15)16-21-18(22-25-16)19(20)11-5-6-12-19/h7-10H,3-6,11-13,20H2,1-2H3. The molecule has 0 spiro atoms. The molecule has 2 N–H and O–H groups in total. The average Bonchev–Trinajstić information content (AvgIpc) is 3.29. The van der Waals surface area contributed by atoms with Gasteiger partial charge in [0.1, 0.15) is 0 Å². The molecule has 0 radical (unpaired) electrons. The average molecular weight is 342 g/mol. The molecule has 1 aromatic heterocycles. The molecule has 0 unspecified atom stereocenters. The van der Waals surface area contributed by atoms with Crippen LogP contribution in [0, 0.1) is 0 Å². The number of hydrogen-bond donors (Lipinski definition) is 1. The Bertz CT molecular complexity index is 717. The zero-order valence-electron chi connectivity index (χ0n) is 15.0. The Labute approximate surface area is 148 Å². The lowest BCUT2D eigenvalue weighted by Crippen LogP contribution is -2.34. The molecule has 25 heavy (non-hydrogen) atoms. The van der Waals surface area contributed by atoms with Gasteiger partial charge in [-0.2, -0.15) is 4.98 Å². The summed E-state index contributed by atoms with van der Waals surface area (Å²) in [5, 5.41) is 4.08. The van der Waals surface area contributed by atoms with Gasteiger partial charge in [-0.1, -0.05) is 24.9 Å². The van der Waals surface area contributed by atoms with Crippen LogP contribution in [0.25, 0.3) is 11.5 Å². The normalized spacial score (nSPS) is 16.1. The molecule has 6 heteroatoms. The van der Waals surface area contributed by atoms with E-state index in [0.717, 1.165) is 44.2 Å². The SMILES string of the molecule is CCCN(CC)C(=O)c1ccc(-c2nc(C3(N)CCCC3)no2)cc1. The molecule has 0 aliphatic heterocycles. The Kier molecular flexibility index (Phi) is 5.18. The van der Waals surface area contributed by atoms with Crippen molar-refractivity contribution in [2.75, 3.05) is 13.1 Å². The zero-order chi connectivity index (χ0) is 17.9. The Morgan fingerprint density at radius 1 is 1.24 bits per heavy atom. The maximum Gasteiger partial charge on any atom is 0.257 e. The number of hydrogen-bond acceptors (Lipinski definition) is 5. The second-order valence-electron chi connectivity index (χ2n) is 6.75. The summed E-state index contributed by atoms with van der Waals surface area (Å²) in [6.07, 6.45) is 4.93. The van der Waals surface area contributed by atoms with E-state index in [-0.39, 0.29) is 5.91 Å². The van der Waals surface area contributed by atoms with Gasteiger partial charge in [0.15, 0.2) is 5.82 Å². The van der Waals surface area contributed by atoms with Crippen LogP contribution < -0.4 is 5.73 Å². The molecule has 6 nitrogen and oxygen atoms in total. The van der Waals surface area contributed by atoms with Crippen molar-refractivity contribution in [3.63, 3.8) is 0 Å². The third-order valence-corrected chi connectivity index (χ3v) is 4.91. The Balaban J connectivity index is 1.76. The summed E-state index contributed by atoms with van der Waals surface area (Å²) < 4.78 is 5.40. The van der Waals surface area contributed by atoms with Crippen molar-refractivity contribution in [3.05, 3.63) is 35.7 Å². The second-order valence-corrected chi connectivity index (χ2v) is 6.75. The van der Waals surface area contributed by atoms with Crippen LogP contribution >= 0.6 is 0 Å². The molecule has 0 saturated heterocycles. The van der Waals surface area contributed by atoms with Crippen molar-refractivity contribution in [3.8, 4) is 11.5 Å². The summed E-state index contributed by atoms with van der Waals surface area (Å²) in [7, 11) is 0. The van der Waals surface area contributed by atoms with E-state index in [4.69, 9.17) is 10.3 Å². The lowest BCUT2D eigenvalue weighted by molar-refractivity contribution is 0.0764. The van der Waals surface area contributed by atoms with E-state index >= 15 is 0 Å². The lowest BCUT2D eigenvalue weighted by atomic mass is 9.98. The summed E-state index contributed by atoms with van der Waals surface area (Å²) >= 11 is 0. The molecule has 1 heterocycles. The van der Waals surface area contributed by atoms with Crippen molar-refractivity contribution in [2.24, 2.45) is 5.73 Å². The van der Waals surface area contributed by atoms with Gasteiger partial charge in [-0.3, -0.25) is 4.79 Å². The Hall–Kier alpha value is -2.21. The molecule has 1 aliphatic carbocycles. The van der Waals surface area contributed by atoms with Gasteiger partial charge in [0.25, 0.3) is 11.8 Å². The smallest absolute Gasteiger partial charge is 0.257 e. The van der Waals surface area contributed by atoms with Crippen molar-refractivity contribution in [2.45, 2.75) is 51.5 Å². The van der Waals surface area contributed by atoms with Gasteiger partial charge < -0.3 is 15.2 Å². The molecule has 0 bridgehead atoms. The number of carbonyl (C=O) groups is 1. The second kappa shape index (κ2) is 7.35. The Morgan fingerprint density at radius 3 is 2.52 bits per heavy atom. The molecule has 1 aliphatic rings. The van der Waals surface area contributed by atoms with E-state index in [1.54, 1.807) is 0 Å². The van der Waals surface area contributed by atoms with Crippen LogP contribution in [0.4, 0.5) is 0 Å². The lowest BCUT2D eigenvalue weighted by Gasteiger charge is -2.20. The fourth-order valence-electron chi connectivity index (χ4n) is 3.38. The third-order valence-electron chi connectivity index (χ3n) is 4.91. The molecule has 1 saturated carbocycles. The maximum absolute atomic E-state index is 12.5. The van der Waals surface area contributed by atoms with E-state index in [9.17, 15) is 4.79 Å². The summed E-state index contributed by atoms with van der Waals surface area (Å²) in [5.41, 5.74) is 7.39. The number of rotatable bonds is 6. The molecule has 0 atom stereocenters. The van der Waals surface area contributed by atoms with Crippen LogP contribution in [-0.2, 0) is 5.54 Å². The van der Waals surface area contributed by atoms with Crippen LogP contribution in [0.2, 0.25) is 0 Å². The van der Waals surface area contributed by atoms with Crippen molar-refractivity contribution in [1.82, 2.24) is 15.0 Å². The number of benzene rings is 1. The van der Waals surface area contributed by atoms with Gasteiger partial charge in [0.2, 0.25) is 0 Å². The number of aromatic nitrogens is 2. The minimum Gasteiger partial charge on any atom is -0.339 e. The predicted octanol–water partition coefficient (Wildman–Crippen LogP) is 3.34. The molecule has 3 rings (SSSR count). The topological polar surface area (TPSA) is 85.2 Å².